The summed E-state index contributed by atoms with van der Waals surface area (Å²) in [5, 5.41) is 5.23. The number of hydrogen-bond acceptors (Lipinski definition) is 2. The number of primary amides is 1. The predicted molar refractivity (Wildman–Crippen MR) is 101 cm³/mol. The SMILES string of the molecule is C[C@@H]([NH2+]C[C@H](c1ccccc1)c1c[nH]c2ccccc12)C(=O)NC(N)=O. The van der Waals surface area contributed by atoms with E-state index in [1.165, 1.54) is 16.5 Å². The number of hydrogen-bond donors (Lipinski definition) is 4. The number of carbonyl (C=O) groups is 2. The summed E-state index contributed by atoms with van der Waals surface area (Å²) in [6.07, 6.45) is 2.03. The Labute approximate surface area is 151 Å². The van der Waals surface area contributed by atoms with E-state index in [9.17, 15) is 9.59 Å². The van der Waals surface area contributed by atoms with Crippen molar-refractivity contribution in [1.29, 1.82) is 0 Å². The Morgan fingerprint density at radius 2 is 1.81 bits per heavy atom. The molecule has 0 spiro atoms. The lowest BCUT2D eigenvalue weighted by Gasteiger charge is -2.18. The summed E-state index contributed by atoms with van der Waals surface area (Å²) in [5.41, 5.74) is 8.48. The standard InChI is InChI=1S/C20H22N4O2/c1-13(19(25)24-20(21)26)22-11-16(14-7-3-2-4-8-14)17-12-23-18-10-6-5-9-15(17)18/h2-10,12-13,16,22-23H,11H2,1H3,(H3,21,24,25,26)/p+1/t13-,16-/m1/s1. The van der Waals surface area contributed by atoms with Crippen LogP contribution in [0.3, 0.4) is 0 Å². The van der Waals surface area contributed by atoms with Crippen molar-refractivity contribution in [2.45, 2.75) is 18.9 Å². The zero-order chi connectivity index (χ0) is 18.5. The Balaban J connectivity index is 1.86. The number of fused-ring (bicyclic) bond motifs is 1. The molecular weight excluding hydrogens is 328 g/mol. The van der Waals surface area contributed by atoms with Gasteiger partial charge in [-0.25, -0.2) is 4.79 Å². The maximum absolute atomic E-state index is 12.0. The number of imide groups is 1. The average molecular weight is 351 g/mol. The Morgan fingerprint density at radius 1 is 1.12 bits per heavy atom. The minimum atomic E-state index is -0.827. The van der Waals surface area contributed by atoms with E-state index in [0.717, 1.165) is 5.52 Å². The molecule has 1 heterocycles. The second kappa shape index (κ2) is 7.84. The van der Waals surface area contributed by atoms with Gasteiger partial charge in [-0.2, -0.15) is 0 Å². The van der Waals surface area contributed by atoms with Gasteiger partial charge in [0.15, 0.2) is 6.04 Å². The zero-order valence-electron chi connectivity index (χ0n) is 14.6. The molecule has 6 heteroatoms. The van der Waals surface area contributed by atoms with Gasteiger partial charge in [-0.15, -0.1) is 0 Å². The fourth-order valence-corrected chi connectivity index (χ4v) is 3.19. The van der Waals surface area contributed by atoms with Gasteiger partial charge < -0.3 is 16.0 Å². The van der Waals surface area contributed by atoms with Gasteiger partial charge in [0.05, 0.1) is 12.5 Å². The van der Waals surface area contributed by atoms with Crippen molar-refractivity contribution in [1.82, 2.24) is 10.3 Å². The van der Waals surface area contributed by atoms with Crippen molar-refractivity contribution < 1.29 is 14.9 Å². The van der Waals surface area contributed by atoms with Crippen molar-refractivity contribution >= 4 is 22.8 Å². The summed E-state index contributed by atoms with van der Waals surface area (Å²) < 4.78 is 0. The number of aromatic amines is 1. The van der Waals surface area contributed by atoms with E-state index in [0.29, 0.717) is 6.54 Å². The summed E-state index contributed by atoms with van der Waals surface area (Å²) in [4.78, 5) is 26.2. The number of carbonyl (C=O) groups excluding carboxylic acids is 2. The number of rotatable bonds is 6. The lowest BCUT2D eigenvalue weighted by Crippen LogP contribution is -2.92. The fraction of sp³-hybridized carbons (Fsp3) is 0.200. The number of nitrogens with two attached hydrogens (primary N) is 2. The lowest BCUT2D eigenvalue weighted by molar-refractivity contribution is -0.674. The number of benzene rings is 2. The van der Waals surface area contributed by atoms with E-state index in [2.05, 4.69) is 28.5 Å². The number of quaternary nitrogens is 1. The third-order valence-electron chi connectivity index (χ3n) is 4.58. The molecule has 2 aromatic carbocycles. The molecule has 3 rings (SSSR count). The normalized spacial score (nSPS) is 13.3. The van der Waals surface area contributed by atoms with E-state index in [4.69, 9.17) is 5.73 Å². The number of H-pyrrole nitrogens is 1. The van der Waals surface area contributed by atoms with Crippen molar-refractivity contribution in [3.8, 4) is 0 Å². The summed E-state index contributed by atoms with van der Waals surface area (Å²) in [5.74, 6) is -0.278. The van der Waals surface area contributed by atoms with Crippen LogP contribution < -0.4 is 16.4 Å². The molecule has 1 aromatic heterocycles. The van der Waals surface area contributed by atoms with Gasteiger partial charge in [-0.1, -0.05) is 48.5 Å². The van der Waals surface area contributed by atoms with Gasteiger partial charge in [0.25, 0.3) is 5.91 Å². The first kappa shape index (κ1) is 17.7. The van der Waals surface area contributed by atoms with Crippen molar-refractivity contribution in [3.63, 3.8) is 0 Å². The molecule has 2 atom stereocenters. The molecule has 0 aliphatic heterocycles. The highest BCUT2D eigenvalue weighted by atomic mass is 16.2. The molecule has 134 valence electrons. The minimum Gasteiger partial charge on any atom is -0.361 e. The molecule has 0 unspecified atom stereocenters. The lowest BCUT2D eigenvalue weighted by atomic mass is 9.90. The van der Waals surface area contributed by atoms with E-state index < -0.39 is 12.1 Å². The van der Waals surface area contributed by atoms with E-state index in [1.807, 2.05) is 47.9 Å². The van der Waals surface area contributed by atoms with Crippen LogP contribution in [0.25, 0.3) is 10.9 Å². The molecule has 0 bridgehead atoms. The first-order valence-corrected chi connectivity index (χ1v) is 8.61. The van der Waals surface area contributed by atoms with Crippen molar-refractivity contribution in [2.75, 3.05) is 6.54 Å². The Morgan fingerprint density at radius 3 is 2.54 bits per heavy atom. The Hall–Kier alpha value is -3.12. The first-order valence-electron chi connectivity index (χ1n) is 8.61. The van der Waals surface area contributed by atoms with Gasteiger partial charge in [0.1, 0.15) is 0 Å². The summed E-state index contributed by atoms with van der Waals surface area (Å²) in [6.45, 7) is 2.43. The smallest absolute Gasteiger partial charge is 0.319 e. The van der Waals surface area contributed by atoms with E-state index >= 15 is 0 Å². The first-order chi connectivity index (χ1) is 12.6. The van der Waals surface area contributed by atoms with Gasteiger partial charge in [-0.3, -0.25) is 10.1 Å². The Bertz CT molecular complexity index is 904. The fourth-order valence-electron chi connectivity index (χ4n) is 3.19. The second-order valence-corrected chi connectivity index (χ2v) is 6.37. The maximum Gasteiger partial charge on any atom is 0.319 e. The summed E-state index contributed by atoms with van der Waals surface area (Å²) in [6, 6.07) is 17.1. The van der Waals surface area contributed by atoms with E-state index in [1.54, 1.807) is 6.92 Å². The number of aromatic nitrogens is 1. The molecule has 0 saturated heterocycles. The molecule has 6 N–H and O–H groups in total. The highest BCUT2D eigenvalue weighted by Crippen LogP contribution is 2.29. The average Bonchev–Trinajstić information content (AvgIpc) is 3.06. The van der Waals surface area contributed by atoms with Gasteiger partial charge in [0, 0.05) is 17.1 Å². The van der Waals surface area contributed by atoms with Crippen LogP contribution in [-0.4, -0.2) is 29.5 Å². The number of amides is 3. The summed E-state index contributed by atoms with van der Waals surface area (Å²) in [7, 11) is 0. The zero-order valence-corrected chi connectivity index (χ0v) is 14.6. The molecule has 0 aliphatic carbocycles. The van der Waals surface area contributed by atoms with Crippen LogP contribution in [0.4, 0.5) is 4.79 Å². The van der Waals surface area contributed by atoms with Crippen LogP contribution in [-0.2, 0) is 4.79 Å². The molecule has 3 aromatic rings. The predicted octanol–water partition coefficient (Wildman–Crippen LogP) is 1.45. The number of urea groups is 1. The molecule has 0 fully saturated rings. The van der Waals surface area contributed by atoms with Crippen LogP contribution >= 0.6 is 0 Å². The molecule has 6 nitrogen and oxygen atoms in total. The van der Waals surface area contributed by atoms with Crippen LogP contribution in [0, 0.1) is 0 Å². The van der Waals surface area contributed by atoms with E-state index in [-0.39, 0.29) is 11.8 Å². The second-order valence-electron chi connectivity index (χ2n) is 6.37. The third-order valence-corrected chi connectivity index (χ3v) is 4.58. The molecule has 26 heavy (non-hydrogen) atoms. The molecule has 0 aliphatic rings. The number of nitrogens with one attached hydrogen (secondary N) is 2. The van der Waals surface area contributed by atoms with Gasteiger partial charge in [-0.05, 0) is 24.1 Å². The van der Waals surface area contributed by atoms with Gasteiger partial charge >= 0.3 is 6.03 Å². The number of para-hydroxylation sites is 1. The highest BCUT2D eigenvalue weighted by molar-refractivity contribution is 5.95. The molecule has 0 saturated carbocycles. The third kappa shape index (κ3) is 3.92. The van der Waals surface area contributed by atoms with Crippen molar-refractivity contribution in [3.05, 3.63) is 71.9 Å². The monoisotopic (exact) mass is 351 g/mol. The maximum atomic E-state index is 12.0. The minimum absolute atomic E-state index is 0.108. The summed E-state index contributed by atoms with van der Waals surface area (Å²) >= 11 is 0. The van der Waals surface area contributed by atoms with Crippen LogP contribution in [0.15, 0.2) is 60.8 Å². The molecule has 0 radical (unpaired) electrons. The molecular formula is C20H23N4O2+. The topological polar surface area (TPSA) is 105 Å². The van der Waals surface area contributed by atoms with Crippen LogP contribution in [0.1, 0.15) is 24.0 Å². The molecule has 3 amide bonds. The largest absolute Gasteiger partial charge is 0.361 e. The van der Waals surface area contributed by atoms with Gasteiger partial charge in [0.2, 0.25) is 0 Å². The van der Waals surface area contributed by atoms with Crippen LogP contribution in [0.5, 0.6) is 0 Å². The highest BCUT2D eigenvalue weighted by Gasteiger charge is 2.23. The quantitative estimate of drug-likeness (QED) is 0.540. The van der Waals surface area contributed by atoms with Crippen LogP contribution in [0.2, 0.25) is 0 Å². The Kier molecular flexibility index (Phi) is 5.34. The van der Waals surface area contributed by atoms with Crippen molar-refractivity contribution in [2.24, 2.45) is 5.73 Å².